The normalized spacial score (nSPS) is 13.5. The van der Waals surface area contributed by atoms with Gasteiger partial charge in [0, 0.05) is 20.9 Å². The molecule has 0 unspecified atom stereocenters. The molecule has 0 amide bonds. The Bertz CT molecular complexity index is 1220. The molecule has 1 aromatic heterocycles. The summed E-state index contributed by atoms with van der Waals surface area (Å²) < 4.78 is 6.20. The monoisotopic (exact) mass is 423 g/mol. The number of nitriles is 1. The third kappa shape index (κ3) is 4.89. The van der Waals surface area contributed by atoms with Crippen molar-refractivity contribution in [2.75, 3.05) is 0 Å². The Hall–Kier alpha value is -4.14. The average Bonchev–Trinajstić information content (AvgIpc) is 3.25. The molecule has 4 nitrogen and oxygen atoms in total. The second-order valence-corrected chi connectivity index (χ2v) is 7.86. The maximum Gasteiger partial charge on any atom is 0.346 e. The molecule has 1 aliphatic heterocycles. The van der Waals surface area contributed by atoms with Gasteiger partial charge < -0.3 is 9.84 Å². The molecule has 0 radical (unpaired) electrons. The van der Waals surface area contributed by atoms with Gasteiger partial charge in [0.15, 0.2) is 0 Å². The third-order valence-corrected chi connectivity index (χ3v) is 5.51. The van der Waals surface area contributed by atoms with Crippen molar-refractivity contribution in [1.82, 2.24) is 0 Å². The van der Waals surface area contributed by atoms with Crippen molar-refractivity contribution in [2.45, 2.75) is 0 Å². The zero-order valence-corrected chi connectivity index (χ0v) is 17.2. The van der Waals surface area contributed by atoms with Crippen LogP contribution in [0.15, 0.2) is 96.1 Å². The zero-order valence-electron chi connectivity index (χ0n) is 16.4. The quantitative estimate of drug-likeness (QED) is 0.390. The maximum absolute atomic E-state index is 11.1. The van der Waals surface area contributed by atoms with Gasteiger partial charge in [-0.1, -0.05) is 60.7 Å². The molecule has 2 heterocycles. The van der Waals surface area contributed by atoms with E-state index in [4.69, 9.17) is 15.1 Å². The SMILES string of the molecule is N#C/C(=C\c1ccc(C=C2C=C(c3ccccc3)OC(c3ccccc3)=C2)s1)C(=O)O. The fourth-order valence-electron chi connectivity index (χ4n) is 3.07. The lowest BCUT2D eigenvalue weighted by atomic mass is 10.0. The van der Waals surface area contributed by atoms with E-state index in [1.165, 1.54) is 17.4 Å². The van der Waals surface area contributed by atoms with Gasteiger partial charge in [-0.25, -0.2) is 4.79 Å². The highest BCUT2D eigenvalue weighted by molar-refractivity contribution is 7.13. The number of carboxylic acid groups (broad SMARTS) is 1. The van der Waals surface area contributed by atoms with Crippen LogP contribution in [0.3, 0.4) is 0 Å². The van der Waals surface area contributed by atoms with Crippen LogP contribution < -0.4 is 0 Å². The first-order valence-corrected chi connectivity index (χ1v) is 10.3. The number of carbonyl (C=O) groups is 1. The van der Waals surface area contributed by atoms with Crippen molar-refractivity contribution in [3.8, 4) is 6.07 Å². The molecule has 1 aliphatic rings. The minimum Gasteiger partial charge on any atom is -0.477 e. The van der Waals surface area contributed by atoms with Crippen molar-refractivity contribution >= 4 is 41.0 Å². The summed E-state index contributed by atoms with van der Waals surface area (Å²) in [5.74, 6) is 0.274. The summed E-state index contributed by atoms with van der Waals surface area (Å²) in [4.78, 5) is 12.7. The van der Waals surface area contributed by atoms with E-state index < -0.39 is 5.97 Å². The highest BCUT2D eigenvalue weighted by Crippen LogP contribution is 2.33. The molecule has 31 heavy (non-hydrogen) atoms. The van der Waals surface area contributed by atoms with Crippen LogP contribution >= 0.6 is 11.3 Å². The van der Waals surface area contributed by atoms with Gasteiger partial charge in [0.1, 0.15) is 23.2 Å². The zero-order chi connectivity index (χ0) is 21.6. The Morgan fingerprint density at radius 1 is 0.871 bits per heavy atom. The predicted molar refractivity (Wildman–Crippen MR) is 123 cm³/mol. The van der Waals surface area contributed by atoms with Crippen molar-refractivity contribution in [3.05, 3.63) is 117 Å². The molecule has 0 fully saturated rings. The van der Waals surface area contributed by atoms with Crippen LogP contribution in [0.2, 0.25) is 0 Å². The van der Waals surface area contributed by atoms with Gasteiger partial charge in [0.05, 0.1) is 0 Å². The van der Waals surface area contributed by atoms with Crippen molar-refractivity contribution < 1.29 is 14.6 Å². The first-order chi connectivity index (χ1) is 15.1. The van der Waals surface area contributed by atoms with Crippen molar-refractivity contribution in [2.24, 2.45) is 0 Å². The van der Waals surface area contributed by atoms with E-state index in [1.54, 1.807) is 12.1 Å². The van der Waals surface area contributed by atoms with Crippen LogP contribution in [0.1, 0.15) is 20.9 Å². The molecule has 0 aliphatic carbocycles. The van der Waals surface area contributed by atoms with E-state index >= 15 is 0 Å². The lowest BCUT2D eigenvalue weighted by Crippen LogP contribution is -1.99. The van der Waals surface area contributed by atoms with Crippen LogP contribution in [0.25, 0.3) is 23.7 Å². The van der Waals surface area contributed by atoms with Crippen molar-refractivity contribution in [3.63, 3.8) is 0 Å². The number of hydrogen-bond acceptors (Lipinski definition) is 4. The summed E-state index contributed by atoms with van der Waals surface area (Å²) in [6, 6.07) is 25.2. The Morgan fingerprint density at radius 3 is 1.94 bits per heavy atom. The number of aliphatic carboxylic acids is 1. The number of benzene rings is 2. The molecule has 0 atom stereocenters. The molecule has 0 spiro atoms. The van der Waals surface area contributed by atoms with E-state index in [0.717, 1.165) is 33.1 Å². The van der Waals surface area contributed by atoms with Gasteiger partial charge in [-0.05, 0) is 42.0 Å². The number of nitrogens with zero attached hydrogens (tertiary/aromatic N) is 1. The first kappa shape index (κ1) is 20.1. The Kier molecular flexibility index (Phi) is 5.93. The fourth-order valence-corrected chi connectivity index (χ4v) is 3.98. The number of carboxylic acids is 1. The molecule has 0 saturated carbocycles. The summed E-state index contributed by atoms with van der Waals surface area (Å²) in [7, 11) is 0. The average molecular weight is 423 g/mol. The minimum atomic E-state index is -1.23. The molecule has 5 heteroatoms. The largest absolute Gasteiger partial charge is 0.477 e. The number of rotatable bonds is 5. The van der Waals surface area contributed by atoms with Crippen LogP contribution in [0.5, 0.6) is 0 Å². The van der Waals surface area contributed by atoms with Gasteiger partial charge in [-0.15, -0.1) is 11.3 Å². The smallest absolute Gasteiger partial charge is 0.346 e. The molecule has 1 N–H and O–H groups in total. The Labute approximate surface area is 184 Å². The fraction of sp³-hybridized carbons (Fsp3) is 0. The lowest BCUT2D eigenvalue weighted by molar-refractivity contribution is -0.132. The Morgan fingerprint density at radius 2 is 1.42 bits per heavy atom. The van der Waals surface area contributed by atoms with E-state index in [-0.39, 0.29) is 5.57 Å². The van der Waals surface area contributed by atoms with Gasteiger partial charge >= 0.3 is 5.97 Å². The molecular formula is C26H17NO3S. The number of hydrogen-bond donors (Lipinski definition) is 1. The van der Waals surface area contributed by atoms with E-state index in [0.29, 0.717) is 4.88 Å². The van der Waals surface area contributed by atoms with E-state index in [2.05, 4.69) is 0 Å². The second kappa shape index (κ2) is 9.12. The summed E-state index contributed by atoms with van der Waals surface area (Å²) in [6.45, 7) is 0. The summed E-state index contributed by atoms with van der Waals surface area (Å²) in [5, 5.41) is 18.0. The van der Waals surface area contributed by atoms with E-state index in [9.17, 15) is 4.79 Å². The summed E-state index contributed by atoms with van der Waals surface area (Å²) in [5.41, 5.74) is 2.62. The predicted octanol–water partition coefficient (Wildman–Crippen LogP) is 6.24. The Balaban J connectivity index is 1.72. The highest BCUT2D eigenvalue weighted by atomic mass is 32.1. The molecule has 150 valence electrons. The highest BCUT2D eigenvalue weighted by Gasteiger charge is 2.15. The second-order valence-electron chi connectivity index (χ2n) is 6.71. The van der Waals surface area contributed by atoms with Crippen LogP contribution in [0.4, 0.5) is 0 Å². The third-order valence-electron chi connectivity index (χ3n) is 4.53. The molecule has 3 aromatic rings. The van der Waals surface area contributed by atoms with E-state index in [1.807, 2.05) is 85.0 Å². The van der Waals surface area contributed by atoms with Gasteiger partial charge in [-0.3, -0.25) is 0 Å². The first-order valence-electron chi connectivity index (χ1n) is 9.51. The van der Waals surface area contributed by atoms with Crippen LogP contribution in [-0.2, 0) is 9.53 Å². The summed E-state index contributed by atoms with van der Waals surface area (Å²) in [6.07, 6.45) is 7.36. The standard InChI is InChI=1S/C26H17NO3S/c27-17-21(26(28)29)16-23-12-11-22(31-23)13-18-14-24(19-7-3-1-4-8-19)30-25(15-18)20-9-5-2-6-10-20/h1-16H,(H,28,29)/b21-16+. The lowest BCUT2D eigenvalue weighted by Gasteiger charge is -2.19. The minimum absolute atomic E-state index is 0.287. The molecule has 4 rings (SSSR count). The molecular weight excluding hydrogens is 406 g/mol. The number of allylic oxidation sites excluding steroid dienone is 3. The van der Waals surface area contributed by atoms with Gasteiger partial charge in [-0.2, -0.15) is 5.26 Å². The van der Waals surface area contributed by atoms with Crippen molar-refractivity contribution in [1.29, 1.82) is 5.26 Å². The molecule has 0 bridgehead atoms. The van der Waals surface area contributed by atoms with Crippen LogP contribution in [-0.4, -0.2) is 11.1 Å². The molecule has 2 aromatic carbocycles. The summed E-state index contributed by atoms with van der Waals surface area (Å²) >= 11 is 1.42. The molecule has 0 saturated heterocycles. The number of thiophene rings is 1. The topological polar surface area (TPSA) is 70.3 Å². The van der Waals surface area contributed by atoms with Gasteiger partial charge in [0.25, 0.3) is 0 Å². The van der Waals surface area contributed by atoms with Gasteiger partial charge in [0.2, 0.25) is 0 Å². The van der Waals surface area contributed by atoms with Crippen LogP contribution in [0, 0.1) is 11.3 Å². The maximum atomic E-state index is 11.1. The number of ether oxygens (including phenoxy) is 1.